The number of aryl methyl sites for hydroxylation is 1. The summed E-state index contributed by atoms with van der Waals surface area (Å²) < 4.78 is 1.61. The third kappa shape index (κ3) is 3.26. The molecule has 4 rings (SSSR count). The molecule has 1 fully saturated rings. The number of Topliss-reactive ketones (excluding diaryl/α,β-unsaturated/α-hetero) is 1. The number of aromatic nitrogens is 1. The molecule has 29 heavy (non-hydrogen) atoms. The molecular formula is C22H26N4O3. The van der Waals surface area contributed by atoms with Gasteiger partial charge in [0, 0.05) is 25.4 Å². The minimum absolute atomic E-state index is 0.0858. The second-order valence-corrected chi connectivity index (χ2v) is 7.72. The molecule has 7 heteroatoms. The number of nitrogens with zero attached hydrogens (tertiary/aromatic N) is 2. The van der Waals surface area contributed by atoms with Crippen LogP contribution in [0.15, 0.2) is 48.8 Å². The third-order valence-electron chi connectivity index (χ3n) is 6.02. The molecule has 0 spiro atoms. The molecule has 2 aliphatic rings. The molecule has 0 bridgehead atoms. The van der Waals surface area contributed by atoms with Crippen LogP contribution in [0, 0.1) is 5.92 Å². The number of carboxylic acid groups (broad SMARTS) is 1. The minimum Gasteiger partial charge on any atom is -0.478 e. The second kappa shape index (κ2) is 7.31. The summed E-state index contributed by atoms with van der Waals surface area (Å²) in [7, 11) is 0. The summed E-state index contributed by atoms with van der Waals surface area (Å²) in [5, 5.41) is 11.7. The molecule has 0 radical (unpaired) electrons. The average molecular weight is 394 g/mol. The maximum Gasteiger partial charge on any atom is 0.340 e. The first-order valence-corrected chi connectivity index (χ1v) is 10.0. The maximum absolute atomic E-state index is 13.0. The molecule has 1 aromatic carbocycles. The van der Waals surface area contributed by atoms with Gasteiger partial charge in [-0.15, -0.1) is 0 Å². The van der Waals surface area contributed by atoms with Crippen LogP contribution in [0.5, 0.6) is 0 Å². The third-order valence-corrected chi connectivity index (χ3v) is 6.02. The van der Waals surface area contributed by atoms with Crippen molar-refractivity contribution >= 4 is 23.3 Å². The van der Waals surface area contributed by atoms with Gasteiger partial charge in [-0.25, -0.2) is 4.79 Å². The van der Waals surface area contributed by atoms with E-state index in [1.54, 1.807) is 10.8 Å². The molecule has 1 atom stereocenters. The molecule has 1 aromatic heterocycles. The van der Waals surface area contributed by atoms with Crippen LogP contribution in [0.25, 0.3) is 0 Å². The van der Waals surface area contributed by atoms with Gasteiger partial charge < -0.3 is 20.8 Å². The lowest BCUT2D eigenvalue weighted by molar-refractivity contribution is 0.0693. The van der Waals surface area contributed by atoms with E-state index in [4.69, 9.17) is 5.73 Å². The molecule has 2 aromatic rings. The van der Waals surface area contributed by atoms with Crippen LogP contribution in [0.2, 0.25) is 0 Å². The fourth-order valence-corrected chi connectivity index (χ4v) is 4.36. The largest absolute Gasteiger partial charge is 0.478 e. The fourth-order valence-electron chi connectivity index (χ4n) is 4.36. The van der Waals surface area contributed by atoms with E-state index in [2.05, 4.69) is 16.5 Å². The van der Waals surface area contributed by atoms with Gasteiger partial charge in [0.05, 0.1) is 16.8 Å². The maximum atomic E-state index is 13.0. The highest BCUT2D eigenvalue weighted by molar-refractivity contribution is 6.08. The van der Waals surface area contributed by atoms with E-state index in [9.17, 15) is 14.7 Å². The predicted octanol–water partition coefficient (Wildman–Crippen LogP) is 3.44. The van der Waals surface area contributed by atoms with Crippen molar-refractivity contribution in [3.63, 3.8) is 0 Å². The molecule has 1 unspecified atom stereocenters. The van der Waals surface area contributed by atoms with E-state index in [1.807, 2.05) is 43.5 Å². The number of nitrogen functional groups attached to an aromatic ring is 1. The summed E-state index contributed by atoms with van der Waals surface area (Å²) in [5.74, 6) is -0.752. The number of nitrogens with one attached hydrogen (secondary N) is 1. The van der Waals surface area contributed by atoms with Gasteiger partial charge in [-0.1, -0.05) is 18.2 Å². The Morgan fingerprint density at radius 3 is 2.62 bits per heavy atom. The summed E-state index contributed by atoms with van der Waals surface area (Å²) in [6.45, 7) is 2.38. The number of hydrazine groups is 1. The smallest absolute Gasteiger partial charge is 0.340 e. The second-order valence-electron chi connectivity index (χ2n) is 7.72. The topological polar surface area (TPSA) is 101 Å². The van der Waals surface area contributed by atoms with E-state index in [0.717, 1.165) is 18.5 Å². The zero-order valence-electron chi connectivity index (χ0n) is 16.5. The van der Waals surface area contributed by atoms with Crippen LogP contribution in [0.1, 0.15) is 53.3 Å². The van der Waals surface area contributed by atoms with Crippen molar-refractivity contribution in [2.75, 3.05) is 10.7 Å². The predicted molar refractivity (Wildman–Crippen MR) is 112 cm³/mol. The number of hydrogen-bond donors (Lipinski definition) is 3. The Morgan fingerprint density at radius 2 is 2.00 bits per heavy atom. The van der Waals surface area contributed by atoms with Gasteiger partial charge in [0.15, 0.2) is 5.78 Å². The lowest BCUT2D eigenvalue weighted by Gasteiger charge is -2.39. The highest BCUT2D eigenvalue weighted by Crippen LogP contribution is 2.49. The molecule has 4 N–H and O–H groups in total. The molecule has 2 heterocycles. The van der Waals surface area contributed by atoms with Crippen molar-refractivity contribution in [2.24, 2.45) is 5.92 Å². The van der Waals surface area contributed by atoms with E-state index in [0.29, 0.717) is 18.9 Å². The standard InChI is InChI=1S/C22H26N4O3/c1-2-25-14-17(19(20(25)23)21(28)29)18(27)10-11-22(15-8-9-15)12-13-24-26(22)16-6-4-3-5-7-16/h3-7,12-15,24H,2,8-11,23H2,1H3,(H,28,29). The molecule has 152 valence electrons. The SMILES string of the molecule is CCn1cc(C(=O)CCC2(C3CC3)C=CNN2c2ccccc2)c(C(=O)O)c1N. The van der Waals surface area contributed by atoms with Crippen LogP contribution < -0.4 is 16.2 Å². The number of aromatic carboxylic acids is 1. The number of para-hydroxylation sites is 1. The van der Waals surface area contributed by atoms with Gasteiger partial charge in [-0.2, -0.15) is 0 Å². The van der Waals surface area contributed by atoms with Crippen molar-refractivity contribution in [2.45, 2.75) is 44.7 Å². The Balaban J connectivity index is 1.59. The fraction of sp³-hybridized carbons (Fsp3) is 0.364. The van der Waals surface area contributed by atoms with Gasteiger partial charge in [0.2, 0.25) is 0 Å². The normalized spacial score (nSPS) is 20.7. The van der Waals surface area contributed by atoms with Crippen molar-refractivity contribution in [3.8, 4) is 0 Å². The van der Waals surface area contributed by atoms with Crippen molar-refractivity contribution in [1.29, 1.82) is 0 Å². The van der Waals surface area contributed by atoms with Gasteiger partial charge in [0.25, 0.3) is 0 Å². The van der Waals surface area contributed by atoms with Crippen LogP contribution >= 0.6 is 0 Å². The first-order chi connectivity index (χ1) is 14.0. The first kappa shape index (κ1) is 19.1. The van der Waals surface area contributed by atoms with Gasteiger partial charge in [-0.05, 0) is 50.3 Å². The van der Waals surface area contributed by atoms with E-state index in [-0.39, 0.29) is 34.7 Å². The molecule has 1 saturated carbocycles. The molecule has 7 nitrogen and oxygen atoms in total. The summed E-state index contributed by atoms with van der Waals surface area (Å²) in [4.78, 5) is 24.7. The average Bonchev–Trinajstić information content (AvgIpc) is 3.40. The van der Waals surface area contributed by atoms with Crippen molar-refractivity contribution < 1.29 is 14.7 Å². The first-order valence-electron chi connectivity index (χ1n) is 10.0. The van der Waals surface area contributed by atoms with Crippen LogP contribution in [0.3, 0.4) is 0 Å². The molecule has 0 saturated heterocycles. The van der Waals surface area contributed by atoms with Crippen molar-refractivity contribution in [3.05, 3.63) is 59.9 Å². The number of carboxylic acids is 1. The zero-order valence-corrected chi connectivity index (χ0v) is 16.5. The van der Waals surface area contributed by atoms with E-state index in [1.165, 1.54) is 0 Å². The Morgan fingerprint density at radius 1 is 1.28 bits per heavy atom. The Bertz CT molecular complexity index is 962. The lowest BCUT2D eigenvalue weighted by atomic mass is 9.85. The van der Waals surface area contributed by atoms with Crippen LogP contribution in [0.4, 0.5) is 11.5 Å². The monoisotopic (exact) mass is 394 g/mol. The molecule has 0 amide bonds. The number of carbonyl (C=O) groups excluding carboxylic acids is 1. The molecule has 1 aliphatic heterocycles. The quantitative estimate of drug-likeness (QED) is 0.593. The number of nitrogens with two attached hydrogens (primary N) is 1. The van der Waals surface area contributed by atoms with E-state index < -0.39 is 5.97 Å². The Hall–Kier alpha value is -3.22. The number of carbonyl (C=O) groups is 2. The molecule has 1 aliphatic carbocycles. The van der Waals surface area contributed by atoms with Crippen LogP contribution in [-0.2, 0) is 6.54 Å². The number of anilines is 2. The minimum atomic E-state index is -1.16. The Kier molecular flexibility index (Phi) is 4.82. The number of rotatable bonds is 8. The van der Waals surface area contributed by atoms with Gasteiger partial charge >= 0.3 is 5.97 Å². The number of benzene rings is 1. The number of hydrogen-bond acceptors (Lipinski definition) is 5. The van der Waals surface area contributed by atoms with Crippen LogP contribution in [-0.4, -0.2) is 27.0 Å². The van der Waals surface area contributed by atoms with Gasteiger partial charge in [-0.3, -0.25) is 9.80 Å². The summed E-state index contributed by atoms with van der Waals surface area (Å²) in [6, 6.07) is 10.1. The summed E-state index contributed by atoms with van der Waals surface area (Å²) in [6.07, 6.45) is 8.73. The highest BCUT2D eigenvalue weighted by atomic mass is 16.4. The highest BCUT2D eigenvalue weighted by Gasteiger charge is 2.50. The Labute approximate surface area is 169 Å². The summed E-state index contributed by atoms with van der Waals surface area (Å²) in [5.41, 5.74) is 10.1. The van der Waals surface area contributed by atoms with Gasteiger partial charge in [0.1, 0.15) is 11.4 Å². The summed E-state index contributed by atoms with van der Waals surface area (Å²) >= 11 is 0. The number of ketones is 1. The van der Waals surface area contributed by atoms with Crippen molar-refractivity contribution in [1.82, 2.24) is 9.99 Å². The lowest BCUT2D eigenvalue weighted by Crippen LogP contribution is -2.51. The molecular weight excluding hydrogens is 368 g/mol. The zero-order chi connectivity index (χ0) is 20.6. The van der Waals surface area contributed by atoms with E-state index >= 15 is 0 Å².